The Morgan fingerprint density at radius 2 is 2.05 bits per heavy atom. The van der Waals surface area contributed by atoms with Gasteiger partial charge in [-0.3, -0.25) is 9.69 Å². The highest BCUT2D eigenvalue weighted by atomic mass is 16.5. The number of rotatable bonds is 7. The number of nitrogens with zero attached hydrogens (tertiary/aromatic N) is 1. The average molecular weight is 283 g/mol. The molecular formula is C14H21NO5. The van der Waals surface area contributed by atoms with Crippen molar-refractivity contribution in [3.05, 3.63) is 23.2 Å². The Balaban J connectivity index is 2.70. The van der Waals surface area contributed by atoms with E-state index in [-0.39, 0.29) is 18.3 Å². The van der Waals surface area contributed by atoms with Crippen LogP contribution in [0, 0.1) is 6.92 Å². The highest BCUT2D eigenvalue weighted by Gasteiger charge is 2.18. The van der Waals surface area contributed by atoms with Gasteiger partial charge in [0.05, 0.1) is 26.8 Å². The van der Waals surface area contributed by atoms with Gasteiger partial charge < -0.3 is 13.9 Å². The highest BCUT2D eigenvalue weighted by molar-refractivity contribution is 5.87. The molecule has 0 spiro atoms. The van der Waals surface area contributed by atoms with Crippen molar-refractivity contribution in [1.82, 2.24) is 4.90 Å². The molecule has 0 aliphatic heterocycles. The summed E-state index contributed by atoms with van der Waals surface area (Å²) in [5, 5.41) is 0. The second-order valence-corrected chi connectivity index (χ2v) is 4.32. The number of furan rings is 1. The smallest absolute Gasteiger partial charge is 0.374 e. The number of ether oxygens (including phenoxy) is 2. The van der Waals surface area contributed by atoms with Crippen LogP contribution >= 0.6 is 0 Å². The molecule has 0 bridgehead atoms. The fraction of sp³-hybridized carbons (Fsp3) is 0.571. The lowest BCUT2D eigenvalue weighted by Crippen LogP contribution is -2.30. The van der Waals surface area contributed by atoms with Gasteiger partial charge in [-0.25, -0.2) is 4.79 Å². The minimum Gasteiger partial charge on any atom is -0.465 e. The van der Waals surface area contributed by atoms with Crippen LogP contribution in [0.3, 0.4) is 0 Å². The molecule has 0 aromatic carbocycles. The minimum atomic E-state index is -0.498. The molecule has 1 aromatic rings. The molecule has 0 fully saturated rings. The van der Waals surface area contributed by atoms with Crippen LogP contribution < -0.4 is 0 Å². The Labute approximate surface area is 118 Å². The highest BCUT2D eigenvalue weighted by Crippen LogP contribution is 2.17. The molecule has 1 heterocycles. The van der Waals surface area contributed by atoms with E-state index in [1.54, 1.807) is 19.9 Å². The van der Waals surface area contributed by atoms with E-state index in [1.165, 1.54) is 7.11 Å². The van der Waals surface area contributed by atoms with Gasteiger partial charge in [-0.15, -0.1) is 0 Å². The molecule has 1 aromatic heterocycles. The standard InChI is InChI=1S/C14H21NO5/c1-5-15(9-12(16)19-6-2)8-11-7-10(3)13(20-11)14(17)18-4/h7H,5-6,8-9H2,1-4H3. The van der Waals surface area contributed by atoms with Crippen molar-refractivity contribution in [1.29, 1.82) is 0 Å². The quantitative estimate of drug-likeness (QED) is 0.710. The van der Waals surface area contributed by atoms with E-state index in [0.29, 0.717) is 25.5 Å². The van der Waals surface area contributed by atoms with E-state index in [2.05, 4.69) is 4.74 Å². The van der Waals surface area contributed by atoms with Gasteiger partial charge in [0, 0.05) is 5.56 Å². The maximum atomic E-state index is 11.5. The van der Waals surface area contributed by atoms with E-state index in [4.69, 9.17) is 9.15 Å². The molecular weight excluding hydrogens is 262 g/mol. The lowest BCUT2D eigenvalue weighted by Gasteiger charge is -2.17. The molecule has 0 saturated heterocycles. The van der Waals surface area contributed by atoms with Crippen molar-refractivity contribution in [2.45, 2.75) is 27.3 Å². The molecule has 0 aliphatic carbocycles. The summed E-state index contributed by atoms with van der Waals surface area (Å²) < 4.78 is 15.0. The lowest BCUT2D eigenvalue weighted by atomic mass is 10.2. The van der Waals surface area contributed by atoms with Crippen molar-refractivity contribution in [3.8, 4) is 0 Å². The largest absolute Gasteiger partial charge is 0.465 e. The number of hydrogen-bond acceptors (Lipinski definition) is 6. The Hall–Kier alpha value is -1.82. The van der Waals surface area contributed by atoms with E-state index in [0.717, 1.165) is 5.56 Å². The van der Waals surface area contributed by atoms with Crippen molar-refractivity contribution in [3.63, 3.8) is 0 Å². The summed E-state index contributed by atoms with van der Waals surface area (Å²) in [6.07, 6.45) is 0. The summed E-state index contributed by atoms with van der Waals surface area (Å²) >= 11 is 0. The van der Waals surface area contributed by atoms with E-state index >= 15 is 0 Å². The van der Waals surface area contributed by atoms with Crippen LogP contribution in [0.1, 0.15) is 35.7 Å². The number of hydrogen-bond donors (Lipinski definition) is 0. The zero-order chi connectivity index (χ0) is 15.1. The van der Waals surface area contributed by atoms with Crippen LogP contribution in [0.25, 0.3) is 0 Å². The van der Waals surface area contributed by atoms with Crippen LogP contribution in [0.4, 0.5) is 0 Å². The molecule has 1 rings (SSSR count). The second-order valence-electron chi connectivity index (χ2n) is 4.32. The fourth-order valence-corrected chi connectivity index (χ4v) is 1.81. The Morgan fingerprint density at radius 1 is 1.35 bits per heavy atom. The van der Waals surface area contributed by atoms with Gasteiger partial charge in [-0.05, 0) is 26.5 Å². The first kappa shape index (κ1) is 16.2. The van der Waals surface area contributed by atoms with E-state index in [9.17, 15) is 9.59 Å². The molecule has 0 saturated carbocycles. The molecule has 0 amide bonds. The summed E-state index contributed by atoms with van der Waals surface area (Å²) in [5.41, 5.74) is 0.721. The predicted octanol–water partition coefficient (Wildman–Crippen LogP) is 1.76. The zero-order valence-electron chi connectivity index (χ0n) is 12.4. The maximum Gasteiger partial charge on any atom is 0.374 e. The van der Waals surface area contributed by atoms with Crippen LogP contribution in [0.15, 0.2) is 10.5 Å². The normalized spacial score (nSPS) is 10.7. The van der Waals surface area contributed by atoms with Gasteiger partial charge >= 0.3 is 11.9 Å². The van der Waals surface area contributed by atoms with Crippen molar-refractivity contribution >= 4 is 11.9 Å². The third-order valence-corrected chi connectivity index (χ3v) is 2.82. The number of methoxy groups -OCH3 is 1. The Kier molecular flexibility index (Phi) is 6.24. The summed E-state index contributed by atoms with van der Waals surface area (Å²) in [7, 11) is 1.31. The number of likely N-dealkylation sites (N-methyl/N-ethyl adjacent to an activating group) is 1. The third kappa shape index (κ3) is 4.38. The first-order chi connectivity index (χ1) is 9.51. The van der Waals surface area contributed by atoms with Crippen molar-refractivity contribution < 1.29 is 23.5 Å². The summed E-state index contributed by atoms with van der Waals surface area (Å²) in [4.78, 5) is 24.8. The molecule has 0 atom stereocenters. The number of carbonyl (C=O) groups is 2. The fourth-order valence-electron chi connectivity index (χ4n) is 1.81. The summed E-state index contributed by atoms with van der Waals surface area (Å²) in [6, 6.07) is 1.78. The molecule has 6 heteroatoms. The monoisotopic (exact) mass is 283 g/mol. The van der Waals surface area contributed by atoms with Gasteiger partial charge in [-0.1, -0.05) is 6.92 Å². The van der Waals surface area contributed by atoms with Crippen molar-refractivity contribution in [2.24, 2.45) is 0 Å². The van der Waals surface area contributed by atoms with E-state index in [1.807, 2.05) is 11.8 Å². The number of carbonyl (C=O) groups excluding carboxylic acids is 2. The van der Waals surface area contributed by atoms with Crippen LogP contribution in [0.2, 0.25) is 0 Å². The van der Waals surface area contributed by atoms with Crippen molar-refractivity contribution in [2.75, 3.05) is 26.8 Å². The van der Waals surface area contributed by atoms with Gasteiger partial charge in [0.1, 0.15) is 5.76 Å². The Bertz CT molecular complexity index is 466. The number of esters is 2. The summed E-state index contributed by atoms with van der Waals surface area (Å²) in [5.74, 6) is 0.0525. The van der Waals surface area contributed by atoms with Crippen LogP contribution in [0.5, 0.6) is 0 Å². The lowest BCUT2D eigenvalue weighted by molar-refractivity contribution is -0.144. The molecule has 0 unspecified atom stereocenters. The zero-order valence-corrected chi connectivity index (χ0v) is 12.4. The SMILES string of the molecule is CCOC(=O)CN(CC)Cc1cc(C)c(C(=O)OC)o1. The molecule has 0 N–H and O–H groups in total. The topological polar surface area (TPSA) is 69.0 Å². The van der Waals surface area contributed by atoms with E-state index < -0.39 is 5.97 Å². The molecule has 20 heavy (non-hydrogen) atoms. The minimum absolute atomic E-state index is 0.192. The summed E-state index contributed by atoms with van der Waals surface area (Å²) in [6.45, 7) is 7.16. The predicted molar refractivity (Wildman–Crippen MR) is 72.4 cm³/mol. The van der Waals surface area contributed by atoms with Gasteiger partial charge in [0.15, 0.2) is 0 Å². The molecule has 112 valence electrons. The second kappa shape index (κ2) is 7.69. The van der Waals surface area contributed by atoms with Gasteiger partial charge in [0.25, 0.3) is 0 Å². The molecule has 0 aliphatic rings. The van der Waals surface area contributed by atoms with Gasteiger partial charge in [-0.2, -0.15) is 0 Å². The first-order valence-electron chi connectivity index (χ1n) is 6.57. The number of aryl methyl sites for hydroxylation is 1. The van der Waals surface area contributed by atoms with Crippen LogP contribution in [-0.4, -0.2) is 43.6 Å². The van der Waals surface area contributed by atoms with Gasteiger partial charge in [0.2, 0.25) is 5.76 Å². The average Bonchev–Trinajstić information content (AvgIpc) is 2.78. The Morgan fingerprint density at radius 3 is 2.60 bits per heavy atom. The molecule has 6 nitrogen and oxygen atoms in total. The third-order valence-electron chi connectivity index (χ3n) is 2.82. The first-order valence-corrected chi connectivity index (χ1v) is 6.57. The molecule has 0 radical (unpaired) electrons. The van der Waals surface area contributed by atoms with Crippen LogP contribution in [-0.2, 0) is 20.8 Å². The maximum absolute atomic E-state index is 11.5.